The molecule has 2 aliphatic rings. The Hall–Kier alpha value is -2.24. The molecule has 118 valence electrons. The van der Waals surface area contributed by atoms with E-state index in [-0.39, 0.29) is 17.9 Å². The van der Waals surface area contributed by atoms with Crippen molar-refractivity contribution in [1.29, 1.82) is 0 Å². The molecular weight excluding hydrogens is 282 g/mol. The summed E-state index contributed by atoms with van der Waals surface area (Å²) >= 11 is 0. The predicted octanol–water partition coefficient (Wildman–Crippen LogP) is 0.769. The van der Waals surface area contributed by atoms with Crippen LogP contribution in [-0.2, 0) is 11.2 Å². The van der Waals surface area contributed by atoms with Crippen molar-refractivity contribution in [3.8, 4) is 5.75 Å². The molecule has 0 spiro atoms. The zero-order valence-electron chi connectivity index (χ0n) is 12.5. The summed E-state index contributed by atoms with van der Waals surface area (Å²) in [5, 5.41) is 5.69. The second-order valence-electron chi connectivity index (χ2n) is 5.66. The highest BCUT2D eigenvalue weighted by Crippen LogP contribution is 2.26. The first-order chi connectivity index (χ1) is 10.7. The lowest BCUT2D eigenvalue weighted by atomic mass is 9.96. The van der Waals surface area contributed by atoms with Crippen LogP contribution in [0.3, 0.4) is 0 Å². The van der Waals surface area contributed by atoms with Crippen molar-refractivity contribution >= 4 is 11.9 Å². The summed E-state index contributed by atoms with van der Waals surface area (Å²) in [6.45, 7) is 3.00. The highest BCUT2D eigenvalue weighted by Gasteiger charge is 2.24. The van der Waals surface area contributed by atoms with Crippen LogP contribution in [0, 0.1) is 5.92 Å². The quantitative estimate of drug-likeness (QED) is 0.863. The number of rotatable bonds is 4. The maximum Gasteiger partial charge on any atom is 0.317 e. The maximum absolute atomic E-state index is 12.3. The largest absolute Gasteiger partial charge is 0.493 e. The number of ether oxygens (including phenoxy) is 1. The van der Waals surface area contributed by atoms with E-state index in [1.165, 1.54) is 0 Å². The predicted molar refractivity (Wildman–Crippen MR) is 81.7 cm³/mol. The Balaban J connectivity index is 1.51. The second-order valence-corrected chi connectivity index (χ2v) is 5.66. The lowest BCUT2D eigenvalue weighted by molar-refractivity contribution is -0.125. The fourth-order valence-electron chi connectivity index (χ4n) is 2.90. The molecule has 2 N–H and O–H groups in total. The van der Waals surface area contributed by atoms with Gasteiger partial charge in [-0.05, 0) is 24.5 Å². The Morgan fingerprint density at radius 2 is 2.27 bits per heavy atom. The van der Waals surface area contributed by atoms with Crippen molar-refractivity contribution in [3.05, 3.63) is 29.8 Å². The number of para-hydroxylation sites is 1. The maximum atomic E-state index is 12.3. The van der Waals surface area contributed by atoms with Gasteiger partial charge in [0.05, 0.1) is 6.61 Å². The standard InChI is InChI=1S/C16H21N3O3/c20-15(17-6-8-19-9-7-18-16(19)21)13-5-10-22-14-4-2-1-3-12(14)11-13/h1-4,13H,5-11H2,(H,17,20)(H,18,21)/t13-/m1/s1. The van der Waals surface area contributed by atoms with Crippen LogP contribution in [-0.4, -0.2) is 49.6 Å². The number of hydrogen-bond acceptors (Lipinski definition) is 3. The molecule has 0 unspecified atom stereocenters. The Labute approximate surface area is 129 Å². The van der Waals surface area contributed by atoms with Crippen molar-refractivity contribution in [2.45, 2.75) is 12.8 Å². The third-order valence-corrected chi connectivity index (χ3v) is 4.16. The number of nitrogens with one attached hydrogen (secondary N) is 2. The van der Waals surface area contributed by atoms with E-state index in [4.69, 9.17) is 4.74 Å². The number of fused-ring (bicyclic) bond motifs is 1. The number of carbonyl (C=O) groups excluding carboxylic acids is 2. The topological polar surface area (TPSA) is 70.7 Å². The van der Waals surface area contributed by atoms with Gasteiger partial charge in [0.15, 0.2) is 0 Å². The number of amides is 3. The number of benzene rings is 1. The first-order valence-electron chi connectivity index (χ1n) is 7.75. The molecule has 22 heavy (non-hydrogen) atoms. The van der Waals surface area contributed by atoms with Crippen molar-refractivity contribution in [1.82, 2.24) is 15.5 Å². The molecule has 3 amide bonds. The van der Waals surface area contributed by atoms with E-state index >= 15 is 0 Å². The van der Waals surface area contributed by atoms with E-state index < -0.39 is 0 Å². The summed E-state index contributed by atoms with van der Waals surface area (Å²) < 4.78 is 5.69. The van der Waals surface area contributed by atoms with Gasteiger partial charge in [0.25, 0.3) is 0 Å². The molecule has 0 aliphatic carbocycles. The molecule has 0 radical (unpaired) electrons. The van der Waals surface area contributed by atoms with Crippen molar-refractivity contribution in [2.24, 2.45) is 5.92 Å². The lowest BCUT2D eigenvalue weighted by Gasteiger charge is -2.17. The van der Waals surface area contributed by atoms with Crippen LogP contribution in [0.2, 0.25) is 0 Å². The fraction of sp³-hybridized carbons (Fsp3) is 0.500. The van der Waals surface area contributed by atoms with Crippen LogP contribution in [0.5, 0.6) is 5.75 Å². The first kappa shape index (κ1) is 14.7. The third kappa shape index (κ3) is 3.32. The monoisotopic (exact) mass is 303 g/mol. The normalized spacial score (nSPS) is 20.6. The number of urea groups is 1. The van der Waals surface area contributed by atoms with Crippen LogP contribution in [0.25, 0.3) is 0 Å². The number of nitrogens with zero attached hydrogens (tertiary/aromatic N) is 1. The molecule has 3 rings (SSSR count). The van der Waals surface area contributed by atoms with E-state index in [2.05, 4.69) is 10.6 Å². The Morgan fingerprint density at radius 1 is 1.41 bits per heavy atom. The molecule has 1 saturated heterocycles. The van der Waals surface area contributed by atoms with E-state index in [0.717, 1.165) is 11.3 Å². The Morgan fingerprint density at radius 3 is 3.09 bits per heavy atom. The Kier molecular flexibility index (Phi) is 4.46. The summed E-state index contributed by atoms with van der Waals surface area (Å²) in [5.74, 6) is 0.850. The minimum absolute atomic E-state index is 0.0416. The zero-order valence-corrected chi connectivity index (χ0v) is 12.5. The highest BCUT2D eigenvalue weighted by atomic mass is 16.5. The van der Waals surface area contributed by atoms with Crippen LogP contribution in [0.4, 0.5) is 4.79 Å². The van der Waals surface area contributed by atoms with E-state index in [9.17, 15) is 9.59 Å². The molecule has 0 aromatic heterocycles. The molecule has 1 aromatic rings. The van der Waals surface area contributed by atoms with Gasteiger partial charge in [0, 0.05) is 32.1 Å². The zero-order chi connectivity index (χ0) is 15.4. The summed E-state index contributed by atoms with van der Waals surface area (Å²) in [4.78, 5) is 25.5. The van der Waals surface area contributed by atoms with Gasteiger partial charge in [-0.25, -0.2) is 4.79 Å². The van der Waals surface area contributed by atoms with Gasteiger partial charge in [-0.15, -0.1) is 0 Å². The van der Waals surface area contributed by atoms with Gasteiger partial charge in [0.1, 0.15) is 5.75 Å². The molecule has 1 fully saturated rings. The molecule has 1 aromatic carbocycles. The van der Waals surface area contributed by atoms with Crippen molar-refractivity contribution in [3.63, 3.8) is 0 Å². The average molecular weight is 303 g/mol. The minimum atomic E-state index is -0.0731. The second kappa shape index (κ2) is 6.68. The van der Waals surface area contributed by atoms with Gasteiger partial charge < -0.3 is 20.3 Å². The van der Waals surface area contributed by atoms with Gasteiger partial charge in [-0.3, -0.25) is 4.79 Å². The lowest BCUT2D eigenvalue weighted by Crippen LogP contribution is -2.39. The van der Waals surface area contributed by atoms with Crippen molar-refractivity contribution in [2.75, 3.05) is 32.8 Å². The van der Waals surface area contributed by atoms with E-state index in [1.807, 2.05) is 24.3 Å². The van der Waals surface area contributed by atoms with Crippen LogP contribution < -0.4 is 15.4 Å². The SMILES string of the molecule is O=C(NCCN1CCNC1=O)[C@@H]1CCOc2ccccc2C1. The minimum Gasteiger partial charge on any atom is -0.493 e. The molecule has 6 nitrogen and oxygen atoms in total. The van der Waals surface area contributed by atoms with Crippen LogP contribution in [0.1, 0.15) is 12.0 Å². The number of carbonyl (C=O) groups is 2. The molecule has 0 bridgehead atoms. The van der Waals surface area contributed by atoms with Crippen molar-refractivity contribution < 1.29 is 14.3 Å². The van der Waals surface area contributed by atoms with Gasteiger partial charge in [-0.2, -0.15) is 0 Å². The molecule has 2 aliphatic heterocycles. The summed E-state index contributed by atoms with van der Waals surface area (Å²) in [7, 11) is 0. The highest BCUT2D eigenvalue weighted by molar-refractivity contribution is 5.79. The van der Waals surface area contributed by atoms with Crippen LogP contribution >= 0.6 is 0 Å². The van der Waals surface area contributed by atoms with E-state index in [1.54, 1.807) is 4.90 Å². The van der Waals surface area contributed by atoms with Crippen LogP contribution in [0.15, 0.2) is 24.3 Å². The molecule has 1 atom stereocenters. The fourth-order valence-corrected chi connectivity index (χ4v) is 2.90. The smallest absolute Gasteiger partial charge is 0.317 e. The van der Waals surface area contributed by atoms with E-state index in [0.29, 0.717) is 45.6 Å². The summed E-state index contributed by atoms with van der Waals surface area (Å²) in [6, 6.07) is 7.82. The Bertz CT molecular complexity index is 561. The number of hydrogen-bond donors (Lipinski definition) is 2. The average Bonchev–Trinajstić information content (AvgIpc) is 2.81. The third-order valence-electron chi connectivity index (χ3n) is 4.16. The van der Waals surface area contributed by atoms with Gasteiger partial charge in [-0.1, -0.05) is 18.2 Å². The first-order valence-corrected chi connectivity index (χ1v) is 7.75. The van der Waals surface area contributed by atoms with Gasteiger partial charge in [0.2, 0.25) is 5.91 Å². The molecule has 0 saturated carbocycles. The summed E-state index contributed by atoms with van der Waals surface area (Å²) in [6.07, 6.45) is 1.41. The molecular formula is C16H21N3O3. The van der Waals surface area contributed by atoms with Gasteiger partial charge >= 0.3 is 6.03 Å². The molecule has 2 heterocycles. The summed E-state index contributed by atoms with van der Waals surface area (Å²) in [5.41, 5.74) is 1.08. The molecule has 6 heteroatoms.